The van der Waals surface area contributed by atoms with Crippen LogP contribution in [0.4, 0.5) is 13.2 Å². The summed E-state index contributed by atoms with van der Waals surface area (Å²) in [6, 6.07) is 2.25. The summed E-state index contributed by atoms with van der Waals surface area (Å²) in [5, 5.41) is 8.77. The van der Waals surface area contributed by atoms with Gasteiger partial charge in [0.05, 0.1) is 0 Å². The molecule has 0 bridgehead atoms. The van der Waals surface area contributed by atoms with Crippen molar-refractivity contribution >= 4 is 0 Å². The fourth-order valence-electron chi connectivity index (χ4n) is 1.05. The van der Waals surface area contributed by atoms with Crippen LogP contribution in [0.2, 0.25) is 0 Å². The van der Waals surface area contributed by atoms with Gasteiger partial charge >= 0.3 is 6.18 Å². The van der Waals surface area contributed by atoms with Gasteiger partial charge in [-0.25, -0.2) is 0 Å². The van der Waals surface area contributed by atoms with Crippen LogP contribution in [-0.4, -0.2) is 16.3 Å². The molecule has 0 saturated heterocycles. The second-order valence-corrected chi connectivity index (χ2v) is 3.16. The molecule has 0 fully saturated rings. The Kier molecular flexibility index (Phi) is 3.65. The lowest BCUT2D eigenvalue weighted by Crippen LogP contribution is -2.19. The number of hydrogen-bond donors (Lipinski definition) is 2. The van der Waals surface area contributed by atoms with Crippen LogP contribution >= 0.6 is 0 Å². The molecule has 0 aliphatic rings. The maximum atomic E-state index is 12.1. The highest BCUT2D eigenvalue weighted by Crippen LogP contribution is 2.27. The van der Waals surface area contributed by atoms with Gasteiger partial charge in [-0.05, 0) is 24.5 Å². The van der Waals surface area contributed by atoms with Crippen LogP contribution in [0.25, 0.3) is 0 Å². The number of halogens is 3. The van der Waals surface area contributed by atoms with Crippen LogP contribution < -0.4 is 5.73 Å². The van der Waals surface area contributed by atoms with Crippen molar-refractivity contribution in [2.75, 3.05) is 0 Å². The molecular formula is C9H11F3N2O. The second-order valence-electron chi connectivity index (χ2n) is 3.16. The lowest BCUT2D eigenvalue weighted by molar-refractivity contribution is -0.141. The first kappa shape index (κ1) is 11.9. The lowest BCUT2D eigenvalue weighted by atomic mass is 10.1. The number of pyridine rings is 1. The predicted molar refractivity (Wildman–Crippen MR) is 47.8 cm³/mol. The Morgan fingerprint density at radius 2 is 2.07 bits per heavy atom. The van der Waals surface area contributed by atoms with E-state index in [9.17, 15) is 13.2 Å². The highest BCUT2D eigenvalue weighted by atomic mass is 19.4. The van der Waals surface area contributed by atoms with Crippen molar-refractivity contribution in [1.29, 1.82) is 0 Å². The Morgan fingerprint density at radius 3 is 2.47 bits per heavy atom. The van der Waals surface area contributed by atoms with E-state index in [1.165, 1.54) is 6.07 Å². The molecular weight excluding hydrogens is 209 g/mol. The number of aliphatic hydroxyl groups excluding tert-OH is 1. The van der Waals surface area contributed by atoms with Crippen LogP contribution in [0.5, 0.6) is 0 Å². The average Bonchev–Trinajstić information content (AvgIpc) is 2.14. The van der Waals surface area contributed by atoms with Gasteiger partial charge in [-0.3, -0.25) is 4.98 Å². The summed E-state index contributed by atoms with van der Waals surface area (Å²) in [6.07, 6.45) is -3.51. The Balaban J connectivity index is 2.65. The van der Waals surface area contributed by atoms with Gasteiger partial charge in [0.15, 0.2) is 0 Å². The van der Waals surface area contributed by atoms with E-state index >= 15 is 0 Å². The van der Waals surface area contributed by atoms with Gasteiger partial charge in [0.25, 0.3) is 0 Å². The van der Waals surface area contributed by atoms with Crippen LogP contribution in [0, 0.1) is 0 Å². The standard InChI is InChI=1S/C9H11F3N2O/c10-9(11,12)7-3-1-6(5-14-7)2-4-8(13)15/h1,3,5,8,15H,2,4,13H2. The summed E-state index contributed by atoms with van der Waals surface area (Å²) >= 11 is 0. The molecule has 3 N–H and O–H groups in total. The number of aromatic nitrogens is 1. The highest BCUT2D eigenvalue weighted by Gasteiger charge is 2.31. The third kappa shape index (κ3) is 3.85. The zero-order valence-corrected chi connectivity index (χ0v) is 7.83. The Labute approximate surface area is 84.7 Å². The summed E-state index contributed by atoms with van der Waals surface area (Å²) in [4.78, 5) is 3.28. The quantitative estimate of drug-likeness (QED) is 0.755. The summed E-state index contributed by atoms with van der Waals surface area (Å²) in [7, 11) is 0. The van der Waals surface area contributed by atoms with E-state index in [2.05, 4.69) is 4.98 Å². The Bertz CT molecular complexity index is 308. The third-order valence-corrected chi connectivity index (χ3v) is 1.84. The number of nitrogens with zero attached hydrogens (tertiary/aromatic N) is 1. The molecule has 1 aromatic heterocycles. The maximum absolute atomic E-state index is 12.1. The molecule has 0 aromatic carbocycles. The van der Waals surface area contributed by atoms with Crippen molar-refractivity contribution in [3.63, 3.8) is 0 Å². The SMILES string of the molecule is NC(O)CCc1ccc(C(F)(F)F)nc1. The summed E-state index contributed by atoms with van der Waals surface area (Å²) in [5.41, 5.74) is 4.80. The van der Waals surface area contributed by atoms with E-state index < -0.39 is 18.1 Å². The van der Waals surface area contributed by atoms with E-state index in [1.807, 2.05) is 0 Å². The number of aryl methyl sites for hydroxylation is 1. The average molecular weight is 220 g/mol. The van der Waals surface area contributed by atoms with Crippen LogP contribution in [0.15, 0.2) is 18.3 Å². The minimum Gasteiger partial charge on any atom is -0.379 e. The summed E-state index contributed by atoms with van der Waals surface area (Å²) < 4.78 is 36.3. The van der Waals surface area contributed by atoms with Crippen LogP contribution in [0.1, 0.15) is 17.7 Å². The Morgan fingerprint density at radius 1 is 1.40 bits per heavy atom. The molecule has 1 aromatic rings. The minimum absolute atomic E-state index is 0.299. The van der Waals surface area contributed by atoms with Crippen molar-refractivity contribution in [3.05, 3.63) is 29.6 Å². The number of aliphatic hydroxyl groups is 1. The van der Waals surface area contributed by atoms with Crippen molar-refractivity contribution in [2.24, 2.45) is 5.73 Å². The molecule has 1 heterocycles. The van der Waals surface area contributed by atoms with Crippen molar-refractivity contribution in [2.45, 2.75) is 25.2 Å². The van der Waals surface area contributed by atoms with Crippen molar-refractivity contribution < 1.29 is 18.3 Å². The summed E-state index contributed by atoms with van der Waals surface area (Å²) in [6.45, 7) is 0. The summed E-state index contributed by atoms with van der Waals surface area (Å²) in [5.74, 6) is 0. The Hall–Kier alpha value is -1.14. The monoisotopic (exact) mass is 220 g/mol. The number of hydrogen-bond acceptors (Lipinski definition) is 3. The molecule has 84 valence electrons. The van der Waals surface area contributed by atoms with E-state index in [4.69, 9.17) is 10.8 Å². The molecule has 0 radical (unpaired) electrons. The molecule has 0 amide bonds. The topological polar surface area (TPSA) is 59.1 Å². The number of rotatable bonds is 3. The molecule has 3 nitrogen and oxygen atoms in total. The fourth-order valence-corrected chi connectivity index (χ4v) is 1.05. The van der Waals surface area contributed by atoms with Gasteiger partial charge in [-0.2, -0.15) is 13.2 Å². The van der Waals surface area contributed by atoms with E-state index in [0.29, 0.717) is 18.4 Å². The first-order valence-corrected chi connectivity index (χ1v) is 4.35. The number of alkyl halides is 3. The molecule has 1 rings (SSSR count). The molecule has 1 unspecified atom stereocenters. The molecule has 6 heteroatoms. The van der Waals surface area contributed by atoms with E-state index in [0.717, 1.165) is 12.3 Å². The van der Waals surface area contributed by atoms with Gasteiger partial charge in [-0.15, -0.1) is 0 Å². The lowest BCUT2D eigenvalue weighted by Gasteiger charge is -2.07. The van der Waals surface area contributed by atoms with Crippen LogP contribution in [0.3, 0.4) is 0 Å². The van der Waals surface area contributed by atoms with Gasteiger partial charge in [0, 0.05) is 6.20 Å². The predicted octanol–water partition coefficient (Wildman–Crippen LogP) is 1.31. The smallest absolute Gasteiger partial charge is 0.379 e. The molecule has 0 aliphatic carbocycles. The van der Waals surface area contributed by atoms with Gasteiger partial charge in [-0.1, -0.05) is 6.07 Å². The highest BCUT2D eigenvalue weighted by molar-refractivity contribution is 5.16. The zero-order valence-electron chi connectivity index (χ0n) is 7.83. The van der Waals surface area contributed by atoms with Gasteiger partial charge < -0.3 is 10.8 Å². The molecule has 15 heavy (non-hydrogen) atoms. The molecule has 0 aliphatic heterocycles. The first-order chi connectivity index (χ1) is 6.89. The minimum atomic E-state index is -4.41. The molecule has 0 spiro atoms. The third-order valence-electron chi connectivity index (χ3n) is 1.84. The van der Waals surface area contributed by atoms with Gasteiger partial charge in [0.1, 0.15) is 11.9 Å². The van der Waals surface area contributed by atoms with E-state index in [1.54, 1.807) is 0 Å². The van der Waals surface area contributed by atoms with Crippen LogP contribution in [-0.2, 0) is 12.6 Å². The van der Waals surface area contributed by atoms with E-state index in [-0.39, 0.29) is 0 Å². The largest absolute Gasteiger partial charge is 0.433 e. The zero-order chi connectivity index (χ0) is 11.5. The van der Waals surface area contributed by atoms with Crippen molar-refractivity contribution in [1.82, 2.24) is 4.98 Å². The molecule has 1 atom stereocenters. The number of nitrogens with two attached hydrogens (primary N) is 1. The van der Waals surface area contributed by atoms with Gasteiger partial charge in [0.2, 0.25) is 0 Å². The molecule has 0 saturated carbocycles. The second kappa shape index (κ2) is 4.59. The fraction of sp³-hybridized carbons (Fsp3) is 0.444. The normalized spacial score (nSPS) is 13.9. The first-order valence-electron chi connectivity index (χ1n) is 4.35. The maximum Gasteiger partial charge on any atom is 0.433 e. The van der Waals surface area contributed by atoms with Crippen molar-refractivity contribution in [3.8, 4) is 0 Å².